The number of halogens is 4. The average Bonchev–Trinajstić information content (AvgIpc) is 2.38. The predicted octanol–water partition coefficient (Wildman–Crippen LogP) is 4.79. The summed E-state index contributed by atoms with van der Waals surface area (Å²) in [6.45, 7) is 0. The van der Waals surface area contributed by atoms with Crippen LogP contribution in [0.3, 0.4) is 0 Å². The molecule has 0 atom stereocenters. The van der Waals surface area contributed by atoms with Crippen molar-refractivity contribution in [1.82, 2.24) is 0 Å². The number of phenols is 4. The Hall–Kier alpha value is -1.20. The molecule has 0 bridgehead atoms. The molecule has 0 radical (unpaired) electrons. The van der Waals surface area contributed by atoms with Gasteiger partial charge in [0.25, 0.3) is 0 Å². The van der Waals surface area contributed by atoms with E-state index in [1.807, 2.05) is 0 Å². The van der Waals surface area contributed by atoms with Gasteiger partial charge in [0.05, 0.1) is 31.2 Å². The fourth-order valence-corrected chi connectivity index (χ4v) is 2.60. The highest BCUT2D eigenvalue weighted by Gasteiger charge is 2.25. The molecule has 0 saturated heterocycles. The Bertz CT molecular complexity index is 602. The van der Waals surface area contributed by atoms with E-state index < -0.39 is 23.0 Å². The number of aromatic hydroxyl groups is 4. The van der Waals surface area contributed by atoms with Crippen molar-refractivity contribution in [2.45, 2.75) is 0 Å². The molecule has 20 heavy (non-hydrogen) atoms. The van der Waals surface area contributed by atoms with Gasteiger partial charge in [-0.1, -0.05) is 46.4 Å². The first-order chi connectivity index (χ1) is 9.25. The van der Waals surface area contributed by atoms with Gasteiger partial charge in [0.15, 0.2) is 0 Å². The maximum atomic E-state index is 9.93. The first-order valence-electron chi connectivity index (χ1n) is 5.06. The average molecular weight is 356 g/mol. The summed E-state index contributed by atoms with van der Waals surface area (Å²) in [4.78, 5) is 0. The normalized spacial score (nSPS) is 10.8. The van der Waals surface area contributed by atoms with E-state index in [0.717, 1.165) is 12.1 Å². The van der Waals surface area contributed by atoms with Gasteiger partial charge in [-0.25, -0.2) is 0 Å². The van der Waals surface area contributed by atoms with Crippen molar-refractivity contribution in [3.8, 4) is 34.1 Å². The Morgan fingerprint density at radius 3 is 0.900 bits per heavy atom. The smallest absolute Gasteiger partial charge is 0.146 e. The third kappa shape index (κ3) is 2.29. The van der Waals surface area contributed by atoms with Crippen molar-refractivity contribution in [3.63, 3.8) is 0 Å². The molecule has 0 aliphatic carbocycles. The molecule has 0 amide bonds. The zero-order valence-electron chi connectivity index (χ0n) is 9.46. The summed E-state index contributed by atoms with van der Waals surface area (Å²) in [6, 6.07) is 2.22. The highest BCUT2D eigenvalue weighted by atomic mass is 35.5. The largest absolute Gasteiger partial charge is 0.506 e. The van der Waals surface area contributed by atoms with E-state index in [1.165, 1.54) is 0 Å². The number of hydrogen-bond acceptors (Lipinski definition) is 4. The Morgan fingerprint density at radius 2 is 0.700 bits per heavy atom. The zero-order chi connectivity index (χ0) is 15.2. The summed E-state index contributed by atoms with van der Waals surface area (Å²) in [7, 11) is 0. The molecule has 0 heterocycles. The van der Waals surface area contributed by atoms with Crippen molar-refractivity contribution in [2.75, 3.05) is 0 Å². The van der Waals surface area contributed by atoms with Crippen molar-refractivity contribution in [3.05, 3.63) is 32.2 Å². The Kier molecular flexibility index (Phi) is 4.02. The third-order valence-corrected chi connectivity index (χ3v) is 3.76. The minimum absolute atomic E-state index is 0.183. The van der Waals surface area contributed by atoms with Crippen LogP contribution in [-0.4, -0.2) is 20.4 Å². The van der Waals surface area contributed by atoms with Crippen LogP contribution >= 0.6 is 46.4 Å². The van der Waals surface area contributed by atoms with Gasteiger partial charge >= 0.3 is 0 Å². The third-order valence-electron chi connectivity index (χ3n) is 2.61. The van der Waals surface area contributed by atoms with Gasteiger partial charge in [-0.05, 0) is 12.1 Å². The second-order valence-electron chi connectivity index (χ2n) is 3.82. The molecule has 0 aromatic heterocycles. The highest BCUT2D eigenvalue weighted by molar-refractivity contribution is 6.39. The summed E-state index contributed by atoms with van der Waals surface area (Å²) in [5, 5.41) is 39.0. The van der Waals surface area contributed by atoms with E-state index >= 15 is 0 Å². The van der Waals surface area contributed by atoms with Gasteiger partial charge in [-0.3, -0.25) is 0 Å². The van der Waals surface area contributed by atoms with Gasteiger partial charge in [0.1, 0.15) is 23.0 Å². The van der Waals surface area contributed by atoms with Gasteiger partial charge in [-0.15, -0.1) is 0 Å². The summed E-state index contributed by atoms with van der Waals surface area (Å²) in [5.41, 5.74) is -0.746. The minimum Gasteiger partial charge on any atom is -0.506 e. The van der Waals surface area contributed by atoms with Crippen molar-refractivity contribution in [1.29, 1.82) is 0 Å². The van der Waals surface area contributed by atoms with Crippen molar-refractivity contribution >= 4 is 46.4 Å². The standard InChI is InChI=1S/C12H6Cl4O4/c13-3-1-4(14)10(18)7(9(3)17)8-11(19)5(15)2-6(16)12(8)20/h1-2,17-20H. The lowest BCUT2D eigenvalue weighted by atomic mass is 10.0. The van der Waals surface area contributed by atoms with E-state index in [2.05, 4.69) is 0 Å². The molecule has 2 aromatic rings. The Morgan fingerprint density at radius 1 is 0.500 bits per heavy atom. The summed E-state index contributed by atoms with van der Waals surface area (Å²) in [5.74, 6) is -2.34. The molecule has 0 unspecified atom stereocenters. The van der Waals surface area contributed by atoms with Gasteiger partial charge in [-0.2, -0.15) is 0 Å². The predicted molar refractivity (Wildman–Crippen MR) is 78.6 cm³/mol. The van der Waals surface area contributed by atoms with Gasteiger partial charge < -0.3 is 20.4 Å². The van der Waals surface area contributed by atoms with Gasteiger partial charge in [0, 0.05) is 0 Å². The number of phenolic OH excluding ortho intramolecular Hbond substituents is 4. The SMILES string of the molecule is Oc1c(Cl)cc(Cl)c(O)c1-c1c(O)c(Cl)cc(Cl)c1O. The van der Waals surface area contributed by atoms with Crippen LogP contribution in [0.1, 0.15) is 0 Å². The molecule has 0 aliphatic heterocycles. The molecule has 2 aromatic carbocycles. The number of benzene rings is 2. The molecule has 2 rings (SSSR count). The molecule has 0 fully saturated rings. The monoisotopic (exact) mass is 354 g/mol. The molecule has 8 heteroatoms. The van der Waals surface area contributed by atoms with E-state index in [-0.39, 0.29) is 31.2 Å². The Labute approximate surface area is 133 Å². The first-order valence-corrected chi connectivity index (χ1v) is 6.57. The zero-order valence-corrected chi connectivity index (χ0v) is 12.5. The van der Waals surface area contributed by atoms with Crippen LogP contribution in [0.2, 0.25) is 20.1 Å². The summed E-state index contributed by atoms with van der Waals surface area (Å²) >= 11 is 23.0. The molecule has 0 spiro atoms. The molecular formula is C12H6Cl4O4. The number of hydrogen-bond donors (Lipinski definition) is 4. The van der Waals surface area contributed by atoms with Crippen molar-refractivity contribution < 1.29 is 20.4 Å². The second-order valence-corrected chi connectivity index (χ2v) is 5.45. The van der Waals surface area contributed by atoms with Gasteiger partial charge in [0.2, 0.25) is 0 Å². The first kappa shape index (κ1) is 15.2. The topological polar surface area (TPSA) is 80.9 Å². The maximum absolute atomic E-state index is 9.93. The van der Waals surface area contributed by atoms with Crippen LogP contribution in [0, 0.1) is 0 Å². The van der Waals surface area contributed by atoms with E-state index in [1.54, 1.807) is 0 Å². The lowest BCUT2D eigenvalue weighted by Crippen LogP contribution is -1.87. The Balaban J connectivity index is 2.96. The molecule has 0 aliphatic rings. The van der Waals surface area contributed by atoms with E-state index in [9.17, 15) is 20.4 Å². The van der Waals surface area contributed by atoms with Crippen LogP contribution in [0.5, 0.6) is 23.0 Å². The molecule has 4 N–H and O–H groups in total. The molecule has 106 valence electrons. The fourth-order valence-electron chi connectivity index (χ4n) is 1.67. The maximum Gasteiger partial charge on any atom is 0.146 e. The lowest BCUT2D eigenvalue weighted by molar-refractivity contribution is 0.440. The van der Waals surface area contributed by atoms with Crippen LogP contribution in [0.15, 0.2) is 12.1 Å². The molecule has 4 nitrogen and oxygen atoms in total. The molecule has 0 saturated carbocycles. The summed E-state index contributed by atoms with van der Waals surface area (Å²) < 4.78 is 0. The van der Waals surface area contributed by atoms with Crippen LogP contribution < -0.4 is 0 Å². The second kappa shape index (κ2) is 5.30. The van der Waals surface area contributed by atoms with Crippen LogP contribution in [0.4, 0.5) is 0 Å². The van der Waals surface area contributed by atoms with E-state index in [0.29, 0.717) is 0 Å². The van der Waals surface area contributed by atoms with Crippen molar-refractivity contribution in [2.24, 2.45) is 0 Å². The minimum atomic E-state index is -0.586. The fraction of sp³-hybridized carbons (Fsp3) is 0. The highest BCUT2D eigenvalue weighted by Crippen LogP contribution is 2.54. The lowest BCUT2D eigenvalue weighted by Gasteiger charge is -2.15. The number of rotatable bonds is 1. The van der Waals surface area contributed by atoms with Crippen LogP contribution in [-0.2, 0) is 0 Å². The molecular weight excluding hydrogens is 350 g/mol. The van der Waals surface area contributed by atoms with E-state index in [4.69, 9.17) is 46.4 Å². The quantitative estimate of drug-likeness (QED) is 0.592. The van der Waals surface area contributed by atoms with Crippen LogP contribution in [0.25, 0.3) is 11.1 Å². The summed E-state index contributed by atoms with van der Waals surface area (Å²) in [6.07, 6.45) is 0.